The number of ether oxygens (including phenoxy) is 4. The van der Waals surface area contributed by atoms with Crippen molar-refractivity contribution in [2.45, 2.75) is 79.1 Å². The van der Waals surface area contributed by atoms with Crippen LogP contribution in [0.5, 0.6) is 0 Å². The summed E-state index contributed by atoms with van der Waals surface area (Å²) in [5, 5.41) is 2.29. The summed E-state index contributed by atoms with van der Waals surface area (Å²) < 4.78 is 36.3. The van der Waals surface area contributed by atoms with E-state index in [0.29, 0.717) is 0 Å². The fraction of sp³-hybridized carbons (Fsp3) is 0.800. The Hall–Kier alpha value is -2.09. The van der Waals surface area contributed by atoms with E-state index in [2.05, 4.69) is 35.5 Å². The first-order valence-electron chi connectivity index (χ1n) is 11.0. The molecule has 0 aromatic carbocycles. The molecule has 35 heavy (non-hydrogen) atoms. The second kappa shape index (κ2) is 15.8. The van der Waals surface area contributed by atoms with Crippen LogP contribution in [0.25, 0.3) is 0 Å². The number of nitrogens with zero attached hydrogens (tertiary/aromatic N) is 1. The minimum atomic E-state index is -5.12. The lowest BCUT2D eigenvalue weighted by atomic mass is 9.96. The van der Waals surface area contributed by atoms with E-state index in [0.717, 1.165) is 27.7 Å². The normalized spacial score (nSPS) is 24.0. The van der Waals surface area contributed by atoms with Gasteiger partial charge in [0, 0.05) is 27.7 Å². The van der Waals surface area contributed by atoms with Crippen molar-refractivity contribution < 1.29 is 57.0 Å². The number of nitrogens with one attached hydrogen (secondary N) is 1. The Balaban J connectivity index is 0.00000143. The molecule has 0 bridgehead atoms. The standard InChI is InChI=1S/C14H22NO12P.C6H15N/c1-6(16)15-11-13(25-9(4)19)12(24-8(3)18)10(5-23-7(2)17)26-14(11)27-28(20,21)22;1-4-7(5-2)6-3/h10-14H,5H2,1-4H3,(H,15,16)(H2,20,21,22);4-6H2,1-3H3/t10-,11-,12+,13-,14-;/m1./s1. The van der Waals surface area contributed by atoms with E-state index in [4.69, 9.17) is 28.7 Å². The zero-order valence-corrected chi connectivity index (χ0v) is 22.0. The molecule has 1 rings (SSSR count). The van der Waals surface area contributed by atoms with Crippen LogP contribution < -0.4 is 5.32 Å². The van der Waals surface area contributed by atoms with Crippen LogP contribution in [0.4, 0.5) is 0 Å². The van der Waals surface area contributed by atoms with Gasteiger partial charge < -0.3 is 39.0 Å². The molecule has 1 aliphatic rings. The zero-order valence-electron chi connectivity index (χ0n) is 21.1. The molecule has 204 valence electrons. The Morgan fingerprint density at radius 1 is 0.886 bits per heavy atom. The van der Waals surface area contributed by atoms with Crippen LogP contribution >= 0.6 is 7.82 Å². The predicted molar refractivity (Wildman–Crippen MR) is 121 cm³/mol. The lowest BCUT2D eigenvalue weighted by Crippen LogP contribution is -2.66. The zero-order chi connectivity index (χ0) is 27.3. The molecule has 14 nitrogen and oxygen atoms in total. The monoisotopic (exact) mass is 528 g/mol. The van der Waals surface area contributed by atoms with Gasteiger partial charge in [0.2, 0.25) is 5.91 Å². The SMILES string of the molecule is CC(=O)N[C@H]1[C@@H](OP(=O)(O)O)O[C@H](COC(C)=O)[C@H](OC(C)=O)[C@@H]1OC(C)=O.CCN(CC)CC. The summed E-state index contributed by atoms with van der Waals surface area (Å²) in [7, 11) is -5.12. The van der Waals surface area contributed by atoms with Crippen LogP contribution in [0.3, 0.4) is 0 Å². The highest BCUT2D eigenvalue weighted by Gasteiger charge is 2.52. The lowest BCUT2D eigenvalue weighted by molar-refractivity contribution is -0.259. The van der Waals surface area contributed by atoms with Crippen LogP contribution in [0, 0.1) is 0 Å². The molecule has 0 radical (unpaired) electrons. The summed E-state index contributed by atoms with van der Waals surface area (Å²) in [6, 6.07) is -1.45. The summed E-state index contributed by atoms with van der Waals surface area (Å²) >= 11 is 0. The van der Waals surface area contributed by atoms with Gasteiger partial charge in [-0.3, -0.25) is 23.7 Å². The van der Waals surface area contributed by atoms with Crippen molar-refractivity contribution in [3.63, 3.8) is 0 Å². The minimum Gasteiger partial charge on any atom is -0.463 e. The highest BCUT2D eigenvalue weighted by molar-refractivity contribution is 7.46. The van der Waals surface area contributed by atoms with Gasteiger partial charge in [-0.2, -0.15) is 0 Å². The van der Waals surface area contributed by atoms with E-state index in [-0.39, 0.29) is 0 Å². The molecule has 0 spiro atoms. The third kappa shape index (κ3) is 13.5. The van der Waals surface area contributed by atoms with Crippen molar-refractivity contribution in [1.82, 2.24) is 10.2 Å². The highest BCUT2D eigenvalue weighted by Crippen LogP contribution is 2.41. The number of rotatable bonds is 10. The number of hydrogen-bond donors (Lipinski definition) is 3. The molecular formula is C20H37N2O12P. The molecule has 0 aromatic heterocycles. The first kappa shape index (κ1) is 32.9. The number of esters is 3. The van der Waals surface area contributed by atoms with Crippen molar-refractivity contribution in [3.05, 3.63) is 0 Å². The van der Waals surface area contributed by atoms with E-state index >= 15 is 0 Å². The lowest BCUT2D eigenvalue weighted by Gasteiger charge is -2.44. The van der Waals surface area contributed by atoms with Gasteiger partial charge in [0.25, 0.3) is 0 Å². The summed E-state index contributed by atoms with van der Waals surface area (Å²) in [5.74, 6) is -3.05. The maximum absolute atomic E-state index is 11.5. The first-order valence-corrected chi connectivity index (χ1v) is 12.5. The van der Waals surface area contributed by atoms with E-state index in [1.54, 1.807) is 0 Å². The number of carbonyl (C=O) groups is 4. The molecule has 0 saturated carbocycles. The number of carbonyl (C=O) groups excluding carboxylic acids is 4. The molecule has 5 atom stereocenters. The van der Waals surface area contributed by atoms with Gasteiger partial charge in [-0.1, -0.05) is 20.8 Å². The molecule has 0 aromatic rings. The van der Waals surface area contributed by atoms with Gasteiger partial charge in [-0.05, 0) is 19.6 Å². The fourth-order valence-corrected chi connectivity index (χ4v) is 3.64. The smallest absolute Gasteiger partial charge is 0.463 e. The van der Waals surface area contributed by atoms with Gasteiger partial charge in [0.15, 0.2) is 18.5 Å². The molecular weight excluding hydrogens is 491 g/mol. The Labute approximate surface area is 204 Å². The average Bonchev–Trinajstić information content (AvgIpc) is 2.71. The van der Waals surface area contributed by atoms with E-state index in [9.17, 15) is 23.7 Å². The molecule has 15 heteroatoms. The van der Waals surface area contributed by atoms with Crippen molar-refractivity contribution in [2.24, 2.45) is 0 Å². The number of phosphoric acid groups is 1. The number of amides is 1. The summed E-state index contributed by atoms with van der Waals surface area (Å²) in [4.78, 5) is 66.3. The van der Waals surface area contributed by atoms with Gasteiger partial charge in [-0.15, -0.1) is 0 Å². The van der Waals surface area contributed by atoms with Crippen LogP contribution in [0.2, 0.25) is 0 Å². The minimum absolute atomic E-state index is 0.515. The molecule has 1 amide bonds. The largest absolute Gasteiger partial charge is 0.472 e. The summed E-state index contributed by atoms with van der Waals surface area (Å²) in [6.45, 7) is 13.9. The second-order valence-electron chi connectivity index (χ2n) is 7.44. The van der Waals surface area contributed by atoms with Crippen molar-refractivity contribution in [2.75, 3.05) is 26.2 Å². The summed E-state index contributed by atoms with van der Waals surface area (Å²) in [5.41, 5.74) is 0. The maximum Gasteiger partial charge on any atom is 0.472 e. The Morgan fingerprint density at radius 2 is 1.37 bits per heavy atom. The fourth-order valence-electron chi connectivity index (χ4n) is 3.19. The third-order valence-corrected chi connectivity index (χ3v) is 5.14. The van der Waals surface area contributed by atoms with E-state index in [1.165, 1.54) is 19.6 Å². The van der Waals surface area contributed by atoms with Crippen molar-refractivity contribution >= 4 is 31.6 Å². The maximum atomic E-state index is 11.5. The highest BCUT2D eigenvalue weighted by atomic mass is 31.2. The van der Waals surface area contributed by atoms with E-state index in [1.807, 2.05) is 0 Å². The number of phosphoric ester groups is 1. The van der Waals surface area contributed by atoms with Crippen LogP contribution in [-0.4, -0.2) is 95.4 Å². The second-order valence-corrected chi connectivity index (χ2v) is 8.63. The Bertz CT molecular complexity index is 749. The van der Waals surface area contributed by atoms with Crippen molar-refractivity contribution in [3.8, 4) is 0 Å². The number of hydrogen-bond acceptors (Lipinski definition) is 11. The molecule has 3 N–H and O–H groups in total. The van der Waals surface area contributed by atoms with Crippen molar-refractivity contribution in [1.29, 1.82) is 0 Å². The third-order valence-electron chi connectivity index (χ3n) is 4.65. The Morgan fingerprint density at radius 3 is 1.71 bits per heavy atom. The molecule has 1 fully saturated rings. The summed E-state index contributed by atoms with van der Waals surface area (Å²) in [6.07, 6.45) is -5.98. The topological polar surface area (TPSA) is 187 Å². The van der Waals surface area contributed by atoms with E-state index < -0.39 is 68.9 Å². The molecule has 0 aliphatic carbocycles. The molecule has 1 heterocycles. The first-order chi connectivity index (χ1) is 16.1. The Kier molecular flexibility index (Phi) is 14.9. The molecule has 1 saturated heterocycles. The van der Waals surface area contributed by atoms with Gasteiger partial charge in [-0.25, -0.2) is 4.57 Å². The van der Waals surface area contributed by atoms with Crippen LogP contribution in [0.15, 0.2) is 0 Å². The van der Waals surface area contributed by atoms with Gasteiger partial charge in [0.05, 0.1) is 0 Å². The van der Waals surface area contributed by atoms with Crippen LogP contribution in [-0.2, 0) is 47.2 Å². The average molecular weight is 528 g/mol. The van der Waals surface area contributed by atoms with Gasteiger partial charge >= 0.3 is 25.7 Å². The van der Waals surface area contributed by atoms with Crippen LogP contribution in [0.1, 0.15) is 48.5 Å². The quantitative estimate of drug-likeness (QED) is 0.197. The van der Waals surface area contributed by atoms with Gasteiger partial charge in [0.1, 0.15) is 18.8 Å². The molecule has 0 unspecified atom stereocenters. The molecule has 1 aliphatic heterocycles. The predicted octanol–water partition coefficient (Wildman–Crippen LogP) is 0.0999.